The zero-order chi connectivity index (χ0) is 12.3. The van der Waals surface area contributed by atoms with Gasteiger partial charge in [-0.3, -0.25) is 0 Å². The third-order valence-electron chi connectivity index (χ3n) is 4.02. The number of carbonyl (C=O) groups is 1. The molecule has 0 aromatic carbocycles. The zero-order valence-corrected chi connectivity index (χ0v) is 10.3. The van der Waals surface area contributed by atoms with E-state index in [0.717, 1.165) is 51.7 Å². The number of likely N-dealkylation sites (tertiary alicyclic amines) is 1. The molecular formula is C12H23N3O2. The Morgan fingerprint density at radius 1 is 1.29 bits per heavy atom. The monoisotopic (exact) mass is 241 g/mol. The van der Waals surface area contributed by atoms with Crippen LogP contribution in [0.5, 0.6) is 0 Å². The minimum atomic E-state index is -0.303. The number of nitrogens with one attached hydrogen (secondary N) is 1. The molecule has 1 aliphatic heterocycles. The Morgan fingerprint density at radius 3 is 2.53 bits per heavy atom. The lowest BCUT2D eigenvalue weighted by atomic mass is 10.0. The van der Waals surface area contributed by atoms with Crippen molar-refractivity contribution < 1.29 is 9.90 Å². The van der Waals surface area contributed by atoms with Crippen LogP contribution in [0.4, 0.5) is 4.79 Å². The Kier molecular flexibility index (Phi) is 4.23. The maximum Gasteiger partial charge on any atom is 0.314 e. The molecule has 0 bridgehead atoms. The van der Waals surface area contributed by atoms with Crippen molar-refractivity contribution in [2.45, 2.75) is 44.2 Å². The average molecular weight is 241 g/mol. The van der Waals surface area contributed by atoms with E-state index in [0.29, 0.717) is 12.0 Å². The molecular weight excluding hydrogens is 218 g/mol. The van der Waals surface area contributed by atoms with Gasteiger partial charge < -0.3 is 21.1 Å². The fourth-order valence-corrected chi connectivity index (χ4v) is 2.87. The lowest BCUT2D eigenvalue weighted by Crippen LogP contribution is -2.47. The average Bonchev–Trinajstić information content (AvgIpc) is 2.73. The molecule has 1 heterocycles. The highest BCUT2D eigenvalue weighted by Crippen LogP contribution is 2.25. The molecule has 2 amide bonds. The first kappa shape index (κ1) is 12.6. The molecule has 5 nitrogen and oxygen atoms in total. The zero-order valence-electron chi connectivity index (χ0n) is 10.3. The van der Waals surface area contributed by atoms with Crippen LogP contribution in [0, 0.1) is 5.92 Å². The van der Waals surface area contributed by atoms with Gasteiger partial charge in [-0.1, -0.05) is 0 Å². The number of rotatable bonds is 3. The van der Waals surface area contributed by atoms with Gasteiger partial charge in [0.05, 0.1) is 6.10 Å². The first-order chi connectivity index (χ1) is 8.15. The van der Waals surface area contributed by atoms with E-state index in [1.165, 1.54) is 0 Å². The second-order valence-corrected chi connectivity index (χ2v) is 5.34. The second-order valence-electron chi connectivity index (χ2n) is 5.34. The molecule has 5 heteroatoms. The van der Waals surface area contributed by atoms with Gasteiger partial charge in [0.15, 0.2) is 0 Å². The highest BCUT2D eigenvalue weighted by molar-refractivity contribution is 5.72. The van der Waals surface area contributed by atoms with Crippen LogP contribution in [0.25, 0.3) is 0 Å². The maximum absolute atomic E-state index is 11.0. The molecule has 17 heavy (non-hydrogen) atoms. The fraction of sp³-hybridized carbons (Fsp3) is 0.917. The molecule has 0 aromatic heterocycles. The van der Waals surface area contributed by atoms with Gasteiger partial charge in [-0.05, 0) is 44.6 Å². The van der Waals surface area contributed by atoms with Gasteiger partial charge in [-0.2, -0.15) is 0 Å². The van der Waals surface area contributed by atoms with Crippen LogP contribution in [-0.4, -0.2) is 47.8 Å². The molecule has 2 fully saturated rings. The van der Waals surface area contributed by atoms with E-state index >= 15 is 0 Å². The molecule has 0 spiro atoms. The van der Waals surface area contributed by atoms with Crippen LogP contribution >= 0.6 is 0 Å². The molecule has 4 N–H and O–H groups in total. The molecule has 0 radical (unpaired) electrons. The number of piperidine rings is 1. The number of nitrogens with two attached hydrogens (primary N) is 1. The summed E-state index contributed by atoms with van der Waals surface area (Å²) in [6, 6.07) is 0.200. The van der Waals surface area contributed by atoms with E-state index in [4.69, 9.17) is 5.73 Å². The Balaban J connectivity index is 1.63. The van der Waals surface area contributed by atoms with Gasteiger partial charge >= 0.3 is 6.03 Å². The van der Waals surface area contributed by atoms with Gasteiger partial charge in [-0.25, -0.2) is 4.79 Å². The first-order valence-corrected chi connectivity index (χ1v) is 6.61. The van der Waals surface area contributed by atoms with Gasteiger partial charge in [0.25, 0.3) is 0 Å². The minimum Gasteiger partial charge on any atom is -0.393 e. The van der Waals surface area contributed by atoms with Crippen molar-refractivity contribution in [1.29, 1.82) is 0 Å². The first-order valence-electron chi connectivity index (χ1n) is 6.61. The third kappa shape index (κ3) is 3.57. The van der Waals surface area contributed by atoms with E-state index in [1.54, 1.807) is 4.90 Å². The van der Waals surface area contributed by atoms with Gasteiger partial charge in [-0.15, -0.1) is 0 Å². The topological polar surface area (TPSA) is 78.6 Å². The summed E-state index contributed by atoms with van der Waals surface area (Å²) < 4.78 is 0. The maximum atomic E-state index is 11.0. The number of urea groups is 1. The van der Waals surface area contributed by atoms with Crippen LogP contribution in [0.3, 0.4) is 0 Å². The molecule has 2 atom stereocenters. The predicted molar refractivity (Wildman–Crippen MR) is 65.5 cm³/mol. The summed E-state index contributed by atoms with van der Waals surface area (Å²) in [5.41, 5.74) is 5.24. The second kappa shape index (κ2) is 5.69. The Morgan fingerprint density at radius 2 is 2.00 bits per heavy atom. The van der Waals surface area contributed by atoms with Crippen molar-refractivity contribution in [2.24, 2.45) is 11.7 Å². The number of carbonyl (C=O) groups excluding carboxylic acids is 1. The molecule has 2 unspecified atom stereocenters. The van der Waals surface area contributed by atoms with Crippen molar-refractivity contribution in [3.63, 3.8) is 0 Å². The summed E-state index contributed by atoms with van der Waals surface area (Å²) in [4.78, 5) is 12.7. The molecule has 1 saturated carbocycles. The largest absolute Gasteiger partial charge is 0.393 e. The van der Waals surface area contributed by atoms with Crippen LogP contribution in [0.1, 0.15) is 32.1 Å². The summed E-state index contributed by atoms with van der Waals surface area (Å²) in [5, 5.41) is 13.0. The van der Waals surface area contributed by atoms with Gasteiger partial charge in [0, 0.05) is 19.1 Å². The van der Waals surface area contributed by atoms with Crippen LogP contribution in [0.2, 0.25) is 0 Å². The molecule has 2 aliphatic rings. The van der Waals surface area contributed by atoms with E-state index in [2.05, 4.69) is 5.32 Å². The quantitative estimate of drug-likeness (QED) is 0.664. The van der Waals surface area contributed by atoms with Crippen LogP contribution < -0.4 is 11.1 Å². The Bertz CT molecular complexity index is 264. The number of aliphatic hydroxyl groups excluding tert-OH is 1. The van der Waals surface area contributed by atoms with Crippen LogP contribution in [-0.2, 0) is 0 Å². The van der Waals surface area contributed by atoms with Gasteiger partial charge in [0.2, 0.25) is 0 Å². The molecule has 1 saturated heterocycles. The molecule has 1 aliphatic carbocycles. The highest BCUT2D eigenvalue weighted by Gasteiger charge is 2.25. The number of hydrogen-bond acceptors (Lipinski definition) is 3. The molecule has 2 rings (SSSR count). The number of amides is 2. The summed E-state index contributed by atoms with van der Waals surface area (Å²) in [6.45, 7) is 2.53. The van der Waals surface area contributed by atoms with E-state index < -0.39 is 0 Å². The van der Waals surface area contributed by atoms with E-state index in [9.17, 15) is 9.90 Å². The summed E-state index contributed by atoms with van der Waals surface area (Å²) >= 11 is 0. The van der Waals surface area contributed by atoms with Crippen molar-refractivity contribution in [3.8, 4) is 0 Å². The normalized spacial score (nSPS) is 30.8. The van der Waals surface area contributed by atoms with Crippen molar-refractivity contribution in [1.82, 2.24) is 10.2 Å². The molecule has 0 aromatic rings. The smallest absolute Gasteiger partial charge is 0.314 e. The van der Waals surface area contributed by atoms with Crippen LogP contribution in [0.15, 0.2) is 0 Å². The van der Waals surface area contributed by atoms with Crippen molar-refractivity contribution >= 4 is 6.03 Å². The molecule has 98 valence electrons. The number of aliphatic hydroxyl groups is 1. The van der Waals surface area contributed by atoms with Crippen molar-refractivity contribution in [2.75, 3.05) is 19.6 Å². The number of nitrogens with zero attached hydrogens (tertiary/aromatic N) is 1. The third-order valence-corrected chi connectivity index (χ3v) is 4.02. The van der Waals surface area contributed by atoms with E-state index in [-0.39, 0.29) is 12.1 Å². The Labute approximate surface area is 102 Å². The van der Waals surface area contributed by atoms with E-state index in [1.807, 2.05) is 0 Å². The summed E-state index contributed by atoms with van der Waals surface area (Å²) in [7, 11) is 0. The fourth-order valence-electron chi connectivity index (χ4n) is 2.87. The standard InChI is InChI=1S/C12H23N3O2/c13-12(17)15-5-3-10(4-6-15)14-8-9-1-2-11(16)7-9/h9-11,14,16H,1-8H2,(H2,13,17). The number of primary amides is 1. The highest BCUT2D eigenvalue weighted by atomic mass is 16.3. The lowest BCUT2D eigenvalue weighted by Gasteiger charge is -2.31. The summed E-state index contributed by atoms with van der Waals surface area (Å²) in [5.74, 6) is 0.624. The summed E-state index contributed by atoms with van der Waals surface area (Å²) in [6.07, 6.45) is 4.91. The SMILES string of the molecule is NC(=O)N1CCC(NCC2CCC(O)C2)CC1. The minimum absolute atomic E-state index is 0.0847. The predicted octanol–water partition coefficient (Wildman–Crippen LogP) is 0.280. The van der Waals surface area contributed by atoms with Gasteiger partial charge in [0.1, 0.15) is 0 Å². The lowest BCUT2D eigenvalue weighted by molar-refractivity contribution is 0.173. The Hall–Kier alpha value is -0.810. The number of hydrogen-bond donors (Lipinski definition) is 3. The van der Waals surface area contributed by atoms with Crippen molar-refractivity contribution in [3.05, 3.63) is 0 Å².